The number of carbonyl (C=O) groups is 2. The lowest BCUT2D eigenvalue weighted by atomic mass is 10.1. The van der Waals surface area contributed by atoms with Crippen LogP contribution in [0.15, 0.2) is 48.7 Å². The second-order valence-corrected chi connectivity index (χ2v) is 8.33. The number of hydrogen-bond acceptors (Lipinski definition) is 6. The van der Waals surface area contributed by atoms with Crippen molar-refractivity contribution in [1.29, 1.82) is 0 Å². The van der Waals surface area contributed by atoms with Crippen LogP contribution < -0.4 is 5.32 Å². The average Bonchev–Trinajstić information content (AvgIpc) is 2.86. The van der Waals surface area contributed by atoms with Crippen LogP contribution in [0.25, 0.3) is 10.8 Å². The Balaban J connectivity index is 1.58. The lowest BCUT2D eigenvalue weighted by molar-refractivity contribution is -0.134. The highest BCUT2D eigenvalue weighted by molar-refractivity contribution is 6.31. The van der Waals surface area contributed by atoms with Gasteiger partial charge in [0, 0.05) is 25.1 Å². The smallest absolute Gasteiger partial charge is 0.412 e. The van der Waals surface area contributed by atoms with E-state index in [4.69, 9.17) is 26.2 Å². The Kier molecular flexibility index (Phi) is 9.92. The molecule has 1 heterocycles. The molecule has 11 heteroatoms. The van der Waals surface area contributed by atoms with Gasteiger partial charge in [0.25, 0.3) is 0 Å². The summed E-state index contributed by atoms with van der Waals surface area (Å²) in [4.78, 5) is 30.6. The predicted molar refractivity (Wildman–Crippen MR) is 131 cm³/mol. The first-order valence-corrected chi connectivity index (χ1v) is 11.5. The number of likely N-dealkylation sites (N-methyl/N-ethyl adjacent to an activating group) is 1. The lowest BCUT2D eigenvalue weighted by Crippen LogP contribution is -2.44. The molecule has 3 rings (SSSR count). The molecule has 1 aromatic heterocycles. The van der Waals surface area contributed by atoms with Crippen molar-refractivity contribution in [2.24, 2.45) is 0 Å². The van der Waals surface area contributed by atoms with Crippen LogP contribution in [0.4, 0.5) is 19.4 Å². The van der Waals surface area contributed by atoms with Crippen LogP contribution in [0.2, 0.25) is 5.02 Å². The van der Waals surface area contributed by atoms with E-state index in [0.717, 1.165) is 0 Å². The van der Waals surface area contributed by atoms with Crippen molar-refractivity contribution < 1.29 is 33.0 Å². The van der Waals surface area contributed by atoms with E-state index in [9.17, 15) is 18.4 Å². The predicted octanol–water partition coefficient (Wildman–Crippen LogP) is 4.18. The molecule has 8 nitrogen and oxygen atoms in total. The molecule has 0 spiro atoms. The Labute approximate surface area is 211 Å². The zero-order chi connectivity index (χ0) is 26.1. The number of amides is 2. The van der Waals surface area contributed by atoms with Crippen molar-refractivity contribution in [2.45, 2.75) is 18.9 Å². The number of anilines is 1. The van der Waals surface area contributed by atoms with E-state index in [1.807, 2.05) is 0 Å². The van der Waals surface area contributed by atoms with E-state index >= 15 is 0 Å². The van der Waals surface area contributed by atoms with Gasteiger partial charge in [0.1, 0.15) is 24.1 Å². The third kappa shape index (κ3) is 7.58. The summed E-state index contributed by atoms with van der Waals surface area (Å²) < 4.78 is 37.8. The van der Waals surface area contributed by atoms with Crippen LogP contribution in [0.1, 0.15) is 12.0 Å². The minimum atomic E-state index is -0.821. The Bertz CT molecular complexity index is 1210. The van der Waals surface area contributed by atoms with Gasteiger partial charge in [-0.1, -0.05) is 23.7 Å². The van der Waals surface area contributed by atoms with E-state index < -0.39 is 23.8 Å². The Morgan fingerprint density at radius 2 is 1.97 bits per heavy atom. The SMILES string of the molecule is CN(C(=O)CCc1cccc(F)c1Cl)[C@@H](COCCO)COC(=O)Nc1cc2cc(F)ccc2cn1. The number of aliphatic hydroxyl groups excluding tert-OH is 1. The molecular weight excluding hydrogens is 496 g/mol. The largest absolute Gasteiger partial charge is 0.447 e. The standard InChI is InChI=1S/C25H26ClF2N3O5/c1-31(23(33)8-6-16-3-2-4-21(28)24(16)26)20(14-35-10-9-32)15-36-25(34)30-22-12-18-11-19(27)7-5-17(18)13-29-22/h2-5,7,11-13,20,32H,6,8-10,14-15H2,1H3,(H,29,30,34)/t20-/m0/s1. The van der Waals surface area contributed by atoms with Gasteiger partial charge in [0.05, 0.1) is 30.9 Å². The number of benzene rings is 2. The maximum absolute atomic E-state index is 13.7. The average molecular weight is 522 g/mol. The molecule has 2 aromatic carbocycles. The number of aliphatic hydroxyl groups is 1. The van der Waals surface area contributed by atoms with Gasteiger partial charge in [-0.3, -0.25) is 10.1 Å². The summed E-state index contributed by atoms with van der Waals surface area (Å²) in [5.41, 5.74) is 0.505. The quantitative estimate of drug-likeness (QED) is 0.367. The lowest BCUT2D eigenvalue weighted by Gasteiger charge is -2.28. The minimum absolute atomic E-state index is 0.00427. The summed E-state index contributed by atoms with van der Waals surface area (Å²) in [6.07, 6.45) is 0.935. The van der Waals surface area contributed by atoms with Crippen molar-refractivity contribution in [2.75, 3.05) is 38.8 Å². The fourth-order valence-corrected chi connectivity index (χ4v) is 3.63. The van der Waals surface area contributed by atoms with Gasteiger partial charge < -0.3 is 19.5 Å². The third-order valence-corrected chi connectivity index (χ3v) is 5.87. The van der Waals surface area contributed by atoms with Crippen molar-refractivity contribution in [1.82, 2.24) is 9.88 Å². The topological polar surface area (TPSA) is 101 Å². The van der Waals surface area contributed by atoms with Gasteiger partial charge in [-0.2, -0.15) is 0 Å². The molecule has 0 fully saturated rings. The fourth-order valence-electron chi connectivity index (χ4n) is 3.41. The molecule has 0 aliphatic rings. The number of aryl methyl sites for hydroxylation is 1. The summed E-state index contributed by atoms with van der Waals surface area (Å²) in [7, 11) is 1.53. The number of fused-ring (bicyclic) bond motifs is 1. The highest BCUT2D eigenvalue weighted by atomic mass is 35.5. The van der Waals surface area contributed by atoms with Crippen LogP contribution in [0, 0.1) is 11.6 Å². The summed E-state index contributed by atoms with van der Waals surface area (Å²) in [6, 6.07) is 9.46. The maximum atomic E-state index is 13.7. The molecule has 3 aromatic rings. The maximum Gasteiger partial charge on any atom is 0.412 e. The van der Waals surface area contributed by atoms with Crippen LogP contribution >= 0.6 is 11.6 Å². The van der Waals surface area contributed by atoms with Gasteiger partial charge in [-0.05, 0) is 47.7 Å². The number of nitrogens with one attached hydrogen (secondary N) is 1. The molecule has 0 radical (unpaired) electrons. The van der Waals surface area contributed by atoms with Crippen LogP contribution in [0.3, 0.4) is 0 Å². The molecule has 2 amide bonds. The van der Waals surface area contributed by atoms with E-state index in [1.165, 1.54) is 48.5 Å². The first-order valence-electron chi connectivity index (χ1n) is 11.1. The Hall–Kier alpha value is -3.34. The van der Waals surface area contributed by atoms with Gasteiger partial charge in [0.15, 0.2) is 0 Å². The molecule has 0 bridgehead atoms. The number of aromatic nitrogens is 1. The second-order valence-electron chi connectivity index (χ2n) is 7.95. The van der Waals surface area contributed by atoms with Gasteiger partial charge in [0.2, 0.25) is 5.91 Å². The molecule has 1 atom stereocenters. The van der Waals surface area contributed by atoms with E-state index in [-0.39, 0.29) is 56.0 Å². The van der Waals surface area contributed by atoms with Crippen molar-refractivity contribution in [3.63, 3.8) is 0 Å². The van der Waals surface area contributed by atoms with E-state index in [1.54, 1.807) is 12.1 Å². The van der Waals surface area contributed by atoms with Crippen molar-refractivity contribution in [3.8, 4) is 0 Å². The van der Waals surface area contributed by atoms with Crippen LogP contribution in [0.5, 0.6) is 0 Å². The fraction of sp³-hybridized carbons (Fsp3) is 0.320. The molecule has 0 saturated carbocycles. The number of halogens is 3. The molecule has 0 aliphatic heterocycles. The monoisotopic (exact) mass is 521 g/mol. The third-order valence-electron chi connectivity index (χ3n) is 5.45. The van der Waals surface area contributed by atoms with E-state index in [2.05, 4.69) is 10.3 Å². The number of carbonyl (C=O) groups excluding carboxylic acids is 2. The first kappa shape index (κ1) is 27.3. The second kappa shape index (κ2) is 13.1. The number of pyridine rings is 1. The Morgan fingerprint density at radius 3 is 2.75 bits per heavy atom. The normalized spacial score (nSPS) is 11.8. The Morgan fingerprint density at radius 1 is 1.17 bits per heavy atom. The minimum Gasteiger partial charge on any atom is -0.447 e. The number of hydrogen-bond donors (Lipinski definition) is 2. The molecule has 0 saturated heterocycles. The van der Waals surface area contributed by atoms with Gasteiger partial charge in [-0.15, -0.1) is 0 Å². The van der Waals surface area contributed by atoms with Crippen molar-refractivity contribution in [3.05, 3.63) is 70.9 Å². The zero-order valence-corrected chi connectivity index (χ0v) is 20.3. The molecule has 0 aliphatic carbocycles. The molecule has 2 N–H and O–H groups in total. The molecule has 36 heavy (non-hydrogen) atoms. The number of rotatable bonds is 11. The first-order chi connectivity index (χ1) is 17.3. The summed E-state index contributed by atoms with van der Waals surface area (Å²) in [5, 5.41) is 12.7. The van der Waals surface area contributed by atoms with Gasteiger partial charge >= 0.3 is 6.09 Å². The van der Waals surface area contributed by atoms with Crippen LogP contribution in [-0.4, -0.2) is 66.5 Å². The molecular formula is C25H26ClF2N3O5. The number of ether oxygens (including phenoxy) is 2. The summed E-state index contributed by atoms with van der Waals surface area (Å²) >= 11 is 5.96. The highest BCUT2D eigenvalue weighted by Crippen LogP contribution is 2.21. The van der Waals surface area contributed by atoms with Crippen molar-refractivity contribution >= 4 is 40.2 Å². The number of nitrogens with zero attached hydrogens (tertiary/aromatic N) is 2. The zero-order valence-electron chi connectivity index (χ0n) is 19.5. The van der Waals surface area contributed by atoms with Gasteiger partial charge in [-0.25, -0.2) is 18.6 Å². The van der Waals surface area contributed by atoms with Crippen LogP contribution in [-0.2, 0) is 20.7 Å². The molecule has 192 valence electrons. The highest BCUT2D eigenvalue weighted by Gasteiger charge is 2.22. The van der Waals surface area contributed by atoms with E-state index in [0.29, 0.717) is 16.3 Å². The summed E-state index contributed by atoms with van der Waals surface area (Å²) in [6.45, 7) is -0.369. The summed E-state index contributed by atoms with van der Waals surface area (Å²) in [5.74, 6) is -1.10. The molecule has 0 unspecified atom stereocenters.